The van der Waals surface area contributed by atoms with Gasteiger partial charge in [0.05, 0.1) is 16.3 Å². The Bertz CT molecular complexity index is 1350. The van der Waals surface area contributed by atoms with Crippen molar-refractivity contribution in [1.29, 1.82) is 0 Å². The molecule has 1 aromatic heterocycles. The number of sulfonamides is 1. The number of carbonyl (C=O) groups is 1. The summed E-state index contributed by atoms with van der Waals surface area (Å²) in [5, 5.41) is 2.73. The molecular formula is C25H32N4O4S. The molecule has 3 aromatic rings. The van der Waals surface area contributed by atoms with Crippen LogP contribution in [0.2, 0.25) is 0 Å². The third kappa shape index (κ3) is 4.65. The van der Waals surface area contributed by atoms with Crippen LogP contribution in [0.3, 0.4) is 0 Å². The quantitative estimate of drug-likeness (QED) is 0.532. The Balaban J connectivity index is 2.27. The van der Waals surface area contributed by atoms with Crippen LogP contribution in [-0.2, 0) is 21.9 Å². The van der Waals surface area contributed by atoms with Gasteiger partial charge in [0, 0.05) is 13.6 Å². The van der Waals surface area contributed by atoms with Gasteiger partial charge in [-0.15, -0.1) is 0 Å². The van der Waals surface area contributed by atoms with Crippen molar-refractivity contribution in [1.82, 2.24) is 14.7 Å². The summed E-state index contributed by atoms with van der Waals surface area (Å²) >= 11 is 0. The number of amides is 1. The molecule has 0 unspecified atom stereocenters. The van der Waals surface area contributed by atoms with E-state index in [1.165, 1.54) is 4.68 Å². The molecule has 2 aromatic carbocycles. The van der Waals surface area contributed by atoms with E-state index in [9.17, 15) is 18.0 Å². The van der Waals surface area contributed by atoms with Crippen LogP contribution in [-0.4, -0.2) is 36.8 Å². The van der Waals surface area contributed by atoms with Gasteiger partial charge in [-0.25, -0.2) is 17.4 Å². The van der Waals surface area contributed by atoms with Crippen LogP contribution in [0.15, 0.2) is 52.2 Å². The Hall–Kier alpha value is -3.33. The zero-order valence-corrected chi connectivity index (χ0v) is 21.4. The van der Waals surface area contributed by atoms with Gasteiger partial charge in [0.25, 0.3) is 15.6 Å². The third-order valence-corrected chi connectivity index (χ3v) is 7.84. The van der Waals surface area contributed by atoms with Gasteiger partial charge in [-0.2, -0.15) is 0 Å². The third-order valence-electron chi connectivity index (χ3n) is 5.79. The Labute approximate surface area is 200 Å². The van der Waals surface area contributed by atoms with Gasteiger partial charge in [-0.1, -0.05) is 42.8 Å². The van der Waals surface area contributed by atoms with E-state index >= 15 is 0 Å². The fourth-order valence-corrected chi connectivity index (χ4v) is 6.15. The second kappa shape index (κ2) is 9.89. The highest BCUT2D eigenvalue weighted by atomic mass is 32.2. The zero-order chi connectivity index (χ0) is 25.2. The second-order valence-electron chi connectivity index (χ2n) is 8.50. The zero-order valence-electron chi connectivity index (χ0n) is 20.5. The highest BCUT2D eigenvalue weighted by Gasteiger charge is 2.35. The molecule has 0 radical (unpaired) electrons. The molecule has 0 saturated heterocycles. The van der Waals surface area contributed by atoms with E-state index in [4.69, 9.17) is 0 Å². The van der Waals surface area contributed by atoms with Crippen molar-refractivity contribution in [2.24, 2.45) is 7.05 Å². The molecule has 9 heteroatoms. The lowest BCUT2D eigenvalue weighted by Crippen LogP contribution is -2.43. The van der Waals surface area contributed by atoms with Crippen molar-refractivity contribution in [3.05, 3.63) is 75.2 Å². The molecule has 8 nitrogen and oxygen atoms in total. The summed E-state index contributed by atoms with van der Waals surface area (Å²) in [6.45, 7) is 8.85. The molecule has 1 amide bonds. The molecule has 3 rings (SSSR count). The smallest absolute Gasteiger partial charge is 0.296 e. The van der Waals surface area contributed by atoms with Gasteiger partial charge in [-0.3, -0.25) is 14.3 Å². The van der Waals surface area contributed by atoms with Gasteiger partial charge in [0.1, 0.15) is 12.2 Å². The predicted octanol–water partition coefficient (Wildman–Crippen LogP) is 3.13. The normalized spacial score (nSPS) is 11.5. The fraction of sp³-hybridized carbons (Fsp3) is 0.360. The van der Waals surface area contributed by atoms with Crippen LogP contribution in [0.1, 0.15) is 35.7 Å². The Morgan fingerprint density at radius 1 is 1.03 bits per heavy atom. The molecule has 0 bridgehead atoms. The summed E-state index contributed by atoms with van der Waals surface area (Å²) in [4.78, 5) is 26.5. The summed E-state index contributed by atoms with van der Waals surface area (Å²) in [6.07, 6.45) is 0.708. The van der Waals surface area contributed by atoms with Crippen molar-refractivity contribution >= 4 is 21.6 Å². The van der Waals surface area contributed by atoms with Crippen LogP contribution in [0.4, 0.5) is 5.69 Å². The fourth-order valence-electron chi connectivity index (χ4n) is 4.26. The summed E-state index contributed by atoms with van der Waals surface area (Å²) in [6, 6.07) is 12.6. The van der Waals surface area contributed by atoms with Gasteiger partial charge in [0.15, 0.2) is 0 Å². The maximum atomic E-state index is 14.0. The summed E-state index contributed by atoms with van der Waals surface area (Å²) in [5.41, 5.74) is 2.53. The number of carbonyl (C=O) groups excluding carboxylic acids is 1. The largest absolute Gasteiger partial charge is 0.355 e. The van der Waals surface area contributed by atoms with Crippen molar-refractivity contribution in [3.8, 4) is 5.69 Å². The second-order valence-corrected chi connectivity index (χ2v) is 10.3. The van der Waals surface area contributed by atoms with Crippen molar-refractivity contribution in [2.45, 2.75) is 45.9 Å². The number of hydrogen-bond acceptors (Lipinski definition) is 4. The Morgan fingerprint density at radius 3 is 2.18 bits per heavy atom. The van der Waals surface area contributed by atoms with E-state index in [2.05, 4.69) is 5.32 Å². The molecule has 34 heavy (non-hydrogen) atoms. The minimum Gasteiger partial charge on any atom is -0.355 e. The molecule has 0 aliphatic carbocycles. The first kappa shape index (κ1) is 25.3. The first-order valence-corrected chi connectivity index (χ1v) is 12.7. The van der Waals surface area contributed by atoms with Gasteiger partial charge < -0.3 is 5.32 Å². The maximum absolute atomic E-state index is 14.0. The van der Waals surface area contributed by atoms with Crippen LogP contribution in [0, 0.1) is 27.7 Å². The maximum Gasteiger partial charge on any atom is 0.296 e. The number of nitrogens with zero attached hydrogens (tertiary/aromatic N) is 3. The number of para-hydroxylation sites is 1. The first-order chi connectivity index (χ1) is 16.0. The highest BCUT2D eigenvalue weighted by molar-refractivity contribution is 7.93. The number of rotatable bonds is 8. The van der Waals surface area contributed by atoms with E-state index in [0.29, 0.717) is 35.5 Å². The lowest BCUT2D eigenvalue weighted by molar-refractivity contribution is -0.119. The Kier molecular flexibility index (Phi) is 7.35. The summed E-state index contributed by atoms with van der Waals surface area (Å²) < 4.78 is 32.1. The van der Waals surface area contributed by atoms with Crippen LogP contribution in [0.5, 0.6) is 0 Å². The monoisotopic (exact) mass is 484 g/mol. The molecule has 0 spiro atoms. The minimum absolute atomic E-state index is 0.0441. The summed E-state index contributed by atoms with van der Waals surface area (Å²) in [5.74, 6) is -0.471. The van der Waals surface area contributed by atoms with Gasteiger partial charge >= 0.3 is 0 Å². The minimum atomic E-state index is -4.24. The van der Waals surface area contributed by atoms with Gasteiger partial charge in [-0.05, 0) is 57.4 Å². The van der Waals surface area contributed by atoms with E-state index < -0.39 is 28.0 Å². The molecular weight excluding hydrogens is 452 g/mol. The van der Waals surface area contributed by atoms with E-state index in [1.807, 2.05) is 19.9 Å². The SMILES string of the molecule is CCCNC(=O)CN(c1c(C)n(C)n(-c2ccccc2)c1=O)S(=O)(=O)c1c(C)cc(C)cc1C. The summed E-state index contributed by atoms with van der Waals surface area (Å²) in [7, 11) is -2.55. The number of hydrogen-bond donors (Lipinski definition) is 1. The highest BCUT2D eigenvalue weighted by Crippen LogP contribution is 2.29. The molecule has 1 N–H and O–H groups in total. The van der Waals surface area contributed by atoms with Gasteiger partial charge in [0.2, 0.25) is 5.91 Å². The molecule has 0 aliphatic rings. The molecule has 0 fully saturated rings. The standard InChI is InChI=1S/C25H32N4O4S/c1-7-13-26-22(30)16-28(34(32,33)24-18(3)14-17(2)15-19(24)4)23-20(5)27(6)29(25(23)31)21-11-9-8-10-12-21/h8-12,14-15H,7,13,16H2,1-6H3,(H,26,30). The van der Waals surface area contributed by atoms with Crippen LogP contribution >= 0.6 is 0 Å². The lowest BCUT2D eigenvalue weighted by atomic mass is 10.1. The average molecular weight is 485 g/mol. The van der Waals surface area contributed by atoms with Crippen LogP contribution < -0.4 is 15.2 Å². The topological polar surface area (TPSA) is 93.4 Å². The number of nitrogens with one attached hydrogen (secondary N) is 1. The molecule has 182 valence electrons. The molecule has 0 atom stereocenters. The molecule has 0 aliphatic heterocycles. The average Bonchev–Trinajstić information content (AvgIpc) is 2.98. The predicted molar refractivity (Wildman–Crippen MR) is 134 cm³/mol. The molecule has 1 heterocycles. The first-order valence-electron chi connectivity index (χ1n) is 11.2. The number of aryl methyl sites for hydroxylation is 3. The number of aromatic nitrogens is 2. The van der Waals surface area contributed by atoms with Crippen LogP contribution in [0.25, 0.3) is 5.69 Å². The van der Waals surface area contributed by atoms with Crippen molar-refractivity contribution < 1.29 is 13.2 Å². The van der Waals surface area contributed by atoms with Crippen molar-refractivity contribution in [3.63, 3.8) is 0 Å². The van der Waals surface area contributed by atoms with E-state index in [-0.39, 0.29) is 10.6 Å². The Morgan fingerprint density at radius 2 is 1.62 bits per heavy atom. The molecule has 0 saturated carbocycles. The lowest BCUT2D eigenvalue weighted by Gasteiger charge is -2.25. The van der Waals surface area contributed by atoms with E-state index in [0.717, 1.165) is 9.87 Å². The van der Waals surface area contributed by atoms with Crippen molar-refractivity contribution in [2.75, 3.05) is 17.4 Å². The van der Waals surface area contributed by atoms with E-state index in [1.54, 1.807) is 68.9 Å². The number of anilines is 1. The number of benzene rings is 2.